The summed E-state index contributed by atoms with van der Waals surface area (Å²) in [5.41, 5.74) is 0. The zero-order chi connectivity index (χ0) is 11.5. The molecular formula is C7H8N4O4S. The van der Waals surface area contributed by atoms with Gasteiger partial charge in [0.15, 0.2) is 6.10 Å². The van der Waals surface area contributed by atoms with E-state index in [9.17, 15) is 9.59 Å². The first-order chi connectivity index (χ1) is 7.66. The normalized spacial score (nSPS) is 24.2. The molecule has 1 fully saturated rings. The monoisotopic (exact) mass is 244 g/mol. The number of nitrogens with zero attached hydrogens (tertiary/aromatic N) is 3. The number of hydrogen-bond donors (Lipinski definition) is 2. The van der Waals surface area contributed by atoms with Crippen LogP contribution >= 0.6 is 11.5 Å². The zero-order valence-electron chi connectivity index (χ0n) is 7.99. The summed E-state index contributed by atoms with van der Waals surface area (Å²) < 4.78 is 8.53. The van der Waals surface area contributed by atoms with Crippen LogP contribution in [0.1, 0.15) is 12.8 Å². The zero-order valence-corrected chi connectivity index (χ0v) is 8.81. The molecule has 9 heteroatoms. The summed E-state index contributed by atoms with van der Waals surface area (Å²) >= 11 is 0.941. The van der Waals surface area contributed by atoms with Crippen LogP contribution in [0.2, 0.25) is 0 Å². The van der Waals surface area contributed by atoms with Crippen LogP contribution in [0, 0.1) is 0 Å². The second kappa shape index (κ2) is 4.49. The molecule has 1 aromatic heterocycles. The number of carboxylic acid groups (broad SMARTS) is 1. The van der Waals surface area contributed by atoms with Crippen molar-refractivity contribution in [2.24, 2.45) is 0 Å². The van der Waals surface area contributed by atoms with Crippen molar-refractivity contribution in [1.29, 1.82) is 0 Å². The lowest BCUT2D eigenvalue weighted by molar-refractivity contribution is -0.150. The van der Waals surface area contributed by atoms with Crippen LogP contribution in [0.25, 0.3) is 0 Å². The van der Waals surface area contributed by atoms with Crippen molar-refractivity contribution in [3.05, 3.63) is 0 Å². The van der Waals surface area contributed by atoms with Gasteiger partial charge in [-0.05, 0) is 18.1 Å². The lowest BCUT2D eigenvalue weighted by atomic mass is 10.2. The highest BCUT2D eigenvalue weighted by Gasteiger charge is 2.34. The molecular weight excluding hydrogens is 236 g/mol. The van der Waals surface area contributed by atoms with Gasteiger partial charge in [-0.25, -0.2) is 4.79 Å². The summed E-state index contributed by atoms with van der Waals surface area (Å²) in [6.45, 7) is 0. The van der Waals surface area contributed by atoms with E-state index in [2.05, 4.69) is 20.1 Å². The molecule has 1 saturated heterocycles. The predicted octanol–water partition coefficient (Wildman–Crippen LogP) is -0.496. The van der Waals surface area contributed by atoms with Crippen LogP contribution in [-0.4, -0.2) is 44.0 Å². The lowest BCUT2D eigenvalue weighted by Gasteiger charge is -2.09. The quantitative estimate of drug-likeness (QED) is 0.736. The molecule has 2 atom stereocenters. The summed E-state index contributed by atoms with van der Waals surface area (Å²) in [6, 6.07) is 0. The van der Waals surface area contributed by atoms with Gasteiger partial charge in [0.05, 0.1) is 0 Å². The number of amides is 1. The number of anilines is 1. The van der Waals surface area contributed by atoms with E-state index in [1.807, 2.05) is 0 Å². The van der Waals surface area contributed by atoms with E-state index in [-0.39, 0.29) is 5.13 Å². The predicted molar refractivity (Wildman–Crippen MR) is 51.9 cm³/mol. The van der Waals surface area contributed by atoms with Gasteiger partial charge in [0.25, 0.3) is 5.91 Å². The molecule has 16 heavy (non-hydrogen) atoms. The Morgan fingerprint density at radius 3 is 2.75 bits per heavy atom. The van der Waals surface area contributed by atoms with Crippen molar-refractivity contribution < 1.29 is 19.4 Å². The van der Waals surface area contributed by atoms with Crippen molar-refractivity contribution in [2.75, 3.05) is 5.32 Å². The molecule has 0 unspecified atom stereocenters. The van der Waals surface area contributed by atoms with E-state index in [1.165, 1.54) is 0 Å². The molecule has 1 aromatic rings. The first kappa shape index (κ1) is 10.9. The van der Waals surface area contributed by atoms with Gasteiger partial charge >= 0.3 is 5.97 Å². The SMILES string of the molecule is O=C(Nc1nnns1)[C@@H]1CC[C@H](C(=O)O)O1. The minimum atomic E-state index is -1.05. The molecule has 2 heterocycles. The van der Waals surface area contributed by atoms with Crippen LogP contribution in [0.3, 0.4) is 0 Å². The maximum atomic E-state index is 11.6. The van der Waals surface area contributed by atoms with E-state index < -0.39 is 24.1 Å². The highest BCUT2D eigenvalue weighted by Crippen LogP contribution is 2.21. The van der Waals surface area contributed by atoms with E-state index in [0.29, 0.717) is 12.8 Å². The number of aliphatic carboxylic acids is 1. The third-order valence-electron chi connectivity index (χ3n) is 2.12. The summed E-state index contributed by atoms with van der Waals surface area (Å²) in [5, 5.41) is 18.3. The fraction of sp³-hybridized carbons (Fsp3) is 0.571. The topological polar surface area (TPSA) is 114 Å². The Bertz CT molecular complexity index is 395. The average Bonchev–Trinajstić information content (AvgIpc) is 2.86. The standard InChI is InChI=1S/C7H8N4O4S/c12-5(8-7-9-10-11-16-7)3-1-2-4(15-3)6(13)14/h3-4H,1-2H2,(H,13,14)(H,8,9,11,12)/t3-,4+/m0/s1. The number of nitrogens with one attached hydrogen (secondary N) is 1. The summed E-state index contributed by atoms with van der Waals surface area (Å²) in [6.07, 6.45) is -0.926. The Morgan fingerprint density at radius 2 is 2.19 bits per heavy atom. The van der Waals surface area contributed by atoms with Gasteiger partial charge in [-0.1, -0.05) is 9.59 Å². The number of carbonyl (C=O) groups is 2. The molecule has 1 aliphatic rings. The molecule has 8 nitrogen and oxygen atoms in total. The van der Waals surface area contributed by atoms with Gasteiger partial charge in [-0.3, -0.25) is 10.1 Å². The van der Waals surface area contributed by atoms with E-state index in [4.69, 9.17) is 9.84 Å². The molecule has 0 bridgehead atoms. The summed E-state index contributed by atoms with van der Waals surface area (Å²) in [4.78, 5) is 22.2. The number of aromatic nitrogens is 3. The van der Waals surface area contributed by atoms with Gasteiger partial charge in [-0.15, -0.1) is 0 Å². The van der Waals surface area contributed by atoms with Gasteiger partial charge in [0, 0.05) is 11.5 Å². The van der Waals surface area contributed by atoms with Crippen LogP contribution in [0.15, 0.2) is 0 Å². The number of rotatable bonds is 3. The van der Waals surface area contributed by atoms with Gasteiger partial charge in [0.1, 0.15) is 6.10 Å². The van der Waals surface area contributed by atoms with Crippen molar-refractivity contribution in [1.82, 2.24) is 14.8 Å². The molecule has 0 spiro atoms. The van der Waals surface area contributed by atoms with E-state index in [1.54, 1.807) is 0 Å². The maximum absolute atomic E-state index is 11.6. The molecule has 1 aliphatic heterocycles. The summed E-state index contributed by atoms with van der Waals surface area (Å²) in [7, 11) is 0. The molecule has 0 radical (unpaired) electrons. The van der Waals surface area contributed by atoms with Crippen molar-refractivity contribution in [3.63, 3.8) is 0 Å². The Balaban J connectivity index is 1.90. The first-order valence-electron chi connectivity index (χ1n) is 4.51. The number of carboxylic acids is 1. The minimum Gasteiger partial charge on any atom is -0.479 e. The average molecular weight is 244 g/mol. The number of hydrogen-bond acceptors (Lipinski definition) is 7. The molecule has 86 valence electrons. The van der Waals surface area contributed by atoms with Crippen LogP contribution in [0.4, 0.5) is 5.13 Å². The Kier molecular flexibility index (Phi) is 3.06. The number of carbonyl (C=O) groups excluding carboxylic acids is 1. The maximum Gasteiger partial charge on any atom is 0.332 e. The molecule has 0 aliphatic carbocycles. The van der Waals surface area contributed by atoms with Gasteiger partial charge in [-0.2, -0.15) is 0 Å². The molecule has 2 rings (SSSR count). The van der Waals surface area contributed by atoms with Crippen LogP contribution in [-0.2, 0) is 14.3 Å². The smallest absolute Gasteiger partial charge is 0.332 e. The minimum absolute atomic E-state index is 0.271. The Hall–Kier alpha value is -1.61. The Labute approximate surface area is 93.8 Å². The lowest BCUT2D eigenvalue weighted by Crippen LogP contribution is -2.29. The fourth-order valence-corrected chi connectivity index (χ4v) is 1.75. The van der Waals surface area contributed by atoms with Crippen LogP contribution < -0.4 is 5.32 Å². The van der Waals surface area contributed by atoms with Crippen molar-refractivity contribution in [3.8, 4) is 0 Å². The van der Waals surface area contributed by atoms with E-state index >= 15 is 0 Å². The highest BCUT2D eigenvalue weighted by atomic mass is 32.1. The fourth-order valence-electron chi connectivity index (χ4n) is 1.38. The summed E-state index contributed by atoms with van der Waals surface area (Å²) in [5.74, 6) is -1.46. The third-order valence-corrected chi connectivity index (χ3v) is 2.63. The first-order valence-corrected chi connectivity index (χ1v) is 5.28. The molecule has 1 amide bonds. The van der Waals surface area contributed by atoms with Gasteiger partial charge < -0.3 is 9.84 Å². The van der Waals surface area contributed by atoms with Crippen molar-refractivity contribution in [2.45, 2.75) is 25.0 Å². The third kappa shape index (κ3) is 2.31. The second-order valence-electron chi connectivity index (χ2n) is 3.19. The molecule has 0 aromatic carbocycles. The molecule has 2 N–H and O–H groups in total. The number of ether oxygens (including phenoxy) is 1. The van der Waals surface area contributed by atoms with E-state index in [0.717, 1.165) is 11.5 Å². The molecule has 0 saturated carbocycles. The van der Waals surface area contributed by atoms with Crippen molar-refractivity contribution >= 4 is 28.5 Å². The highest BCUT2D eigenvalue weighted by molar-refractivity contribution is 7.09. The van der Waals surface area contributed by atoms with Gasteiger partial charge in [0.2, 0.25) is 5.13 Å². The second-order valence-corrected chi connectivity index (χ2v) is 3.92. The Morgan fingerprint density at radius 1 is 1.44 bits per heavy atom. The van der Waals surface area contributed by atoms with Crippen LogP contribution in [0.5, 0.6) is 0 Å². The largest absolute Gasteiger partial charge is 0.479 e.